The van der Waals surface area contributed by atoms with Crippen molar-refractivity contribution in [2.75, 3.05) is 64.9 Å². The molecule has 2 aliphatic rings. The van der Waals surface area contributed by atoms with Crippen LogP contribution in [0.5, 0.6) is 11.5 Å². The van der Waals surface area contributed by atoms with Crippen LogP contribution in [0.4, 0.5) is 5.69 Å². The lowest BCUT2D eigenvalue weighted by Crippen LogP contribution is -2.47. The zero-order valence-electron chi connectivity index (χ0n) is 24.6. The summed E-state index contributed by atoms with van der Waals surface area (Å²) in [5.41, 5.74) is 3.80. The highest BCUT2D eigenvalue weighted by Gasteiger charge is 2.24. The highest BCUT2D eigenvalue weighted by Crippen LogP contribution is 2.32. The predicted molar refractivity (Wildman–Crippen MR) is 183 cm³/mol. The number of ether oxygens (including phenoxy) is 2. The molecule has 2 aromatic heterocycles. The van der Waals surface area contributed by atoms with Gasteiger partial charge in [-0.3, -0.25) is 19.2 Å². The van der Waals surface area contributed by atoms with Gasteiger partial charge in [-0.05, 0) is 48.2 Å². The molecule has 43 heavy (non-hydrogen) atoms. The molecule has 0 N–H and O–H groups in total. The second kappa shape index (κ2) is 16.0. The van der Waals surface area contributed by atoms with Gasteiger partial charge in [-0.25, -0.2) is 4.98 Å². The van der Waals surface area contributed by atoms with Gasteiger partial charge >= 0.3 is 0 Å². The van der Waals surface area contributed by atoms with Gasteiger partial charge in [0.25, 0.3) is 5.56 Å². The Labute approximate surface area is 275 Å². The Hall–Kier alpha value is -2.53. The third-order valence-corrected chi connectivity index (χ3v) is 9.36. The van der Waals surface area contributed by atoms with Crippen molar-refractivity contribution in [2.45, 2.75) is 25.9 Å². The van der Waals surface area contributed by atoms with Crippen molar-refractivity contribution in [3.63, 3.8) is 0 Å². The van der Waals surface area contributed by atoms with Crippen LogP contribution in [0.15, 0.2) is 59.7 Å². The monoisotopic (exact) mass is 667 g/mol. The van der Waals surface area contributed by atoms with E-state index in [9.17, 15) is 4.79 Å². The number of rotatable bonds is 9. The minimum atomic E-state index is 0. The maximum Gasteiger partial charge on any atom is 0.262 e. The SMILES string of the molecule is COc1ccc(CCN2CCc3c(sc4ncn(CCN5CCN(c6ccccc6OC)CC5)c(=O)c34)C2)cc1.Cl.Cl.Cl. The number of hydrogen-bond donors (Lipinski definition) is 0. The molecule has 2 aromatic carbocycles. The normalized spacial score (nSPS) is 15.2. The van der Waals surface area contributed by atoms with E-state index in [-0.39, 0.29) is 42.8 Å². The van der Waals surface area contributed by atoms with E-state index < -0.39 is 0 Å². The van der Waals surface area contributed by atoms with Crippen LogP contribution >= 0.6 is 48.6 Å². The fourth-order valence-corrected chi connectivity index (χ4v) is 7.07. The number of methoxy groups -OCH3 is 2. The molecule has 2 aliphatic heterocycles. The van der Waals surface area contributed by atoms with Gasteiger partial charge < -0.3 is 14.4 Å². The van der Waals surface area contributed by atoms with Crippen LogP contribution in [-0.2, 0) is 25.9 Å². The Morgan fingerprint density at radius 3 is 2.30 bits per heavy atom. The van der Waals surface area contributed by atoms with Crippen LogP contribution in [0.1, 0.15) is 16.0 Å². The van der Waals surface area contributed by atoms with Crippen LogP contribution in [0, 0.1) is 0 Å². The number of benzene rings is 2. The molecule has 4 aromatic rings. The third-order valence-electron chi connectivity index (χ3n) is 8.24. The fraction of sp³-hybridized carbons (Fsp3) is 0.419. The lowest BCUT2D eigenvalue weighted by atomic mass is 10.0. The average molecular weight is 669 g/mol. The highest BCUT2D eigenvalue weighted by atomic mass is 35.5. The van der Waals surface area contributed by atoms with Crippen molar-refractivity contribution < 1.29 is 9.47 Å². The Morgan fingerprint density at radius 2 is 1.58 bits per heavy atom. The zero-order chi connectivity index (χ0) is 27.5. The Balaban J connectivity index is 0.00000169. The lowest BCUT2D eigenvalue weighted by Gasteiger charge is -2.36. The van der Waals surface area contributed by atoms with Crippen molar-refractivity contribution in [3.8, 4) is 11.5 Å². The molecular formula is C31H40Cl3N5O3S. The van der Waals surface area contributed by atoms with Gasteiger partial charge in [-0.2, -0.15) is 0 Å². The zero-order valence-corrected chi connectivity index (χ0v) is 27.8. The predicted octanol–water partition coefficient (Wildman–Crippen LogP) is 5.16. The van der Waals surface area contributed by atoms with Gasteiger partial charge in [0.15, 0.2) is 0 Å². The van der Waals surface area contributed by atoms with Gasteiger partial charge in [0.1, 0.15) is 16.3 Å². The fourth-order valence-electron chi connectivity index (χ4n) is 5.85. The molecule has 0 aliphatic carbocycles. The molecular weight excluding hydrogens is 629 g/mol. The summed E-state index contributed by atoms with van der Waals surface area (Å²) in [7, 11) is 3.42. The molecule has 0 atom stereocenters. The van der Waals surface area contributed by atoms with Gasteiger partial charge in [0, 0.05) is 63.8 Å². The number of thiophene rings is 1. The largest absolute Gasteiger partial charge is 0.497 e. The molecule has 6 rings (SSSR count). The van der Waals surface area contributed by atoms with Crippen molar-refractivity contribution in [1.82, 2.24) is 19.4 Å². The van der Waals surface area contributed by atoms with Gasteiger partial charge in [0.2, 0.25) is 0 Å². The van der Waals surface area contributed by atoms with Gasteiger partial charge in [0.05, 0.1) is 31.6 Å². The minimum absolute atomic E-state index is 0. The van der Waals surface area contributed by atoms with E-state index in [0.717, 1.165) is 92.6 Å². The second-order valence-electron chi connectivity index (χ2n) is 10.6. The van der Waals surface area contributed by atoms with Crippen molar-refractivity contribution in [3.05, 3.63) is 81.2 Å². The molecule has 0 bridgehead atoms. The summed E-state index contributed by atoms with van der Waals surface area (Å²) in [4.78, 5) is 27.8. The summed E-state index contributed by atoms with van der Waals surface area (Å²) >= 11 is 1.69. The van der Waals surface area contributed by atoms with Crippen molar-refractivity contribution in [2.24, 2.45) is 0 Å². The molecule has 4 heterocycles. The number of nitrogens with zero attached hydrogens (tertiary/aromatic N) is 5. The highest BCUT2D eigenvalue weighted by molar-refractivity contribution is 7.18. The minimum Gasteiger partial charge on any atom is -0.497 e. The van der Waals surface area contributed by atoms with Crippen LogP contribution in [0.3, 0.4) is 0 Å². The molecule has 0 radical (unpaired) electrons. The third kappa shape index (κ3) is 7.77. The van der Waals surface area contributed by atoms with E-state index in [1.54, 1.807) is 31.9 Å². The Bertz CT molecular complexity index is 1520. The van der Waals surface area contributed by atoms with E-state index in [4.69, 9.17) is 14.5 Å². The van der Waals surface area contributed by atoms with Gasteiger partial charge in [-0.1, -0.05) is 24.3 Å². The van der Waals surface area contributed by atoms with Crippen molar-refractivity contribution >= 4 is 64.5 Å². The quantitative estimate of drug-likeness (QED) is 0.244. The summed E-state index contributed by atoms with van der Waals surface area (Å²) < 4.78 is 12.6. The topological polar surface area (TPSA) is 63.1 Å². The van der Waals surface area contributed by atoms with Crippen molar-refractivity contribution in [1.29, 1.82) is 0 Å². The van der Waals surface area contributed by atoms with Crippen LogP contribution in [-0.4, -0.2) is 79.4 Å². The summed E-state index contributed by atoms with van der Waals surface area (Å²) in [6, 6.07) is 16.5. The Morgan fingerprint density at radius 1 is 0.837 bits per heavy atom. The number of fused-ring (bicyclic) bond motifs is 3. The molecule has 234 valence electrons. The van der Waals surface area contributed by atoms with E-state index in [1.807, 2.05) is 28.8 Å². The number of halogens is 3. The van der Waals surface area contributed by atoms with Crippen LogP contribution in [0.2, 0.25) is 0 Å². The summed E-state index contributed by atoms with van der Waals surface area (Å²) in [6.45, 7) is 8.18. The molecule has 0 amide bonds. The standard InChI is InChI=1S/C31H37N5O3S.3ClH/c1-38-24-9-7-23(8-10-24)11-13-34-14-12-25-28(21-34)40-30-29(25)31(37)36(22-32-30)20-17-33-15-18-35(19-16-33)26-5-3-4-6-27(26)39-2;;;/h3-10,22H,11-21H2,1-2H3;3*1H. The summed E-state index contributed by atoms with van der Waals surface area (Å²) in [6.07, 6.45) is 3.66. The van der Waals surface area contributed by atoms with E-state index in [0.29, 0.717) is 6.54 Å². The summed E-state index contributed by atoms with van der Waals surface area (Å²) in [5, 5.41) is 0.846. The van der Waals surface area contributed by atoms with E-state index in [2.05, 4.69) is 39.0 Å². The molecule has 0 spiro atoms. The molecule has 1 fully saturated rings. The first-order chi connectivity index (χ1) is 19.6. The smallest absolute Gasteiger partial charge is 0.262 e. The number of aromatic nitrogens is 2. The number of para-hydroxylation sites is 2. The van der Waals surface area contributed by atoms with Gasteiger partial charge in [-0.15, -0.1) is 48.6 Å². The summed E-state index contributed by atoms with van der Waals surface area (Å²) in [5.74, 6) is 1.81. The van der Waals surface area contributed by atoms with E-state index in [1.165, 1.54) is 16.0 Å². The Kier molecular flexibility index (Phi) is 13.0. The molecule has 1 saturated heterocycles. The molecule has 0 unspecified atom stereocenters. The van der Waals surface area contributed by atoms with Crippen LogP contribution < -0.4 is 19.9 Å². The maximum atomic E-state index is 13.6. The first-order valence-electron chi connectivity index (χ1n) is 14.1. The first-order valence-corrected chi connectivity index (χ1v) is 14.9. The first kappa shape index (κ1) is 35.0. The maximum absolute atomic E-state index is 13.6. The molecule has 12 heteroatoms. The number of piperazine rings is 1. The molecule has 8 nitrogen and oxygen atoms in total. The average Bonchev–Trinajstić information content (AvgIpc) is 3.39. The second-order valence-corrected chi connectivity index (χ2v) is 11.6. The number of anilines is 1. The lowest BCUT2D eigenvalue weighted by molar-refractivity contribution is 0.246. The van der Waals surface area contributed by atoms with E-state index >= 15 is 0 Å². The number of hydrogen-bond acceptors (Lipinski definition) is 8. The molecule has 0 saturated carbocycles. The van der Waals surface area contributed by atoms with Crippen LogP contribution in [0.25, 0.3) is 10.2 Å².